The highest BCUT2D eigenvalue weighted by Crippen LogP contribution is 2.32. The molecule has 3 heterocycles. The van der Waals surface area contributed by atoms with Crippen LogP contribution in [0.1, 0.15) is 27.9 Å². The maximum Gasteiger partial charge on any atom is 0.208 e. The number of nitriles is 1. The van der Waals surface area contributed by atoms with Crippen LogP contribution in [0.4, 0.5) is 10.3 Å². The number of benzene rings is 2. The Balaban J connectivity index is 1.55. The third kappa shape index (κ3) is 3.26. The van der Waals surface area contributed by atoms with Crippen molar-refractivity contribution in [3.05, 3.63) is 76.5 Å². The number of ether oxygens (including phenoxy) is 1. The van der Waals surface area contributed by atoms with E-state index in [-0.39, 0.29) is 5.82 Å². The van der Waals surface area contributed by atoms with E-state index in [0.717, 1.165) is 39.3 Å². The number of nitrogens with one attached hydrogen (secondary N) is 1. The van der Waals surface area contributed by atoms with Crippen LogP contribution in [0.15, 0.2) is 42.7 Å². The SMILES string of the molecule is Cc1cn2c(NCc3c(F)ccc4c3CCO4)ncc(-c3cc(C#N)ccc3C)c2n1. The van der Waals surface area contributed by atoms with E-state index >= 15 is 0 Å². The fraction of sp³-hybridized carbons (Fsp3) is 0.208. The lowest BCUT2D eigenvalue weighted by Gasteiger charge is -2.14. The number of aromatic nitrogens is 3. The van der Waals surface area contributed by atoms with Gasteiger partial charge in [0, 0.05) is 42.0 Å². The lowest BCUT2D eigenvalue weighted by Crippen LogP contribution is -2.09. The molecule has 0 spiro atoms. The number of fused-ring (bicyclic) bond motifs is 2. The molecule has 0 fully saturated rings. The predicted molar refractivity (Wildman–Crippen MR) is 116 cm³/mol. The summed E-state index contributed by atoms with van der Waals surface area (Å²) in [6.45, 7) is 4.78. The molecule has 4 aromatic rings. The topological polar surface area (TPSA) is 75.2 Å². The van der Waals surface area contributed by atoms with E-state index < -0.39 is 0 Å². The average Bonchev–Trinajstić information content (AvgIpc) is 3.40. The number of anilines is 1. The average molecular weight is 413 g/mol. The molecule has 0 bridgehead atoms. The van der Waals surface area contributed by atoms with Crippen LogP contribution >= 0.6 is 0 Å². The monoisotopic (exact) mass is 413 g/mol. The molecule has 6 nitrogen and oxygen atoms in total. The van der Waals surface area contributed by atoms with Crippen LogP contribution in [0, 0.1) is 31.0 Å². The van der Waals surface area contributed by atoms with Gasteiger partial charge in [0.2, 0.25) is 5.95 Å². The quantitative estimate of drug-likeness (QED) is 0.530. The van der Waals surface area contributed by atoms with Crippen molar-refractivity contribution in [2.75, 3.05) is 11.9 Å². The Hall–Kier alpha value is -3.92. The van der Waals surface area contributed by atoms with Gasteiger partial charge >= 0.3 is 0 Å². The standard InChI is InChI=1S/C24H20FN5O/c1-14-3-4-16(10-26)9-18(14)20-12-28-24(30-13-15(2)29-23(20)30)27-11-19-17-7-8-31-22(17)6-5-21(19)25/h3-6,9,12-13H,7-8,11H2,1-2H3,(H,27,28). The molecular formula is C24H20FN5O. The number of hydrogen-bond acceptors (Lipinski definition) is 5. The number of hydrogen-bond donors (Lipinski definition) is 1. The highest BCUT2D eigenvalue weighted by Gasteiger charge is 2.20. The molecule has 2 aromatic carbocycles. The lowest BCUT2D eigenvalue weighted by molar-refractivity contribution is 0.356. The van der Waals surface area contributed by atoms with Gasteiger partial charge in [0.25, 0.3) is 0 Å². The number of halogens is 1. The minimum Gasteiger partial charge on any atom is -0.493 e. The van der Waals surface area contributed by atoms with Gasteiger partial charge in [-0.05, 0) is 49.2 Å². The Morgan fingerprint density at radius 2 is 2.10 bits per heavy atom. The number of aryl methyl sites for hydroxylation is 2. The van der Waals surface area contributed by atoms with E-state index in [9.17, 15) is 9.65 Å². The maximum atomic E-state index is 14.5. The van der Waals surface area contributed by atoms with Gasteiger partial charge in [-0.1, -0.05) is 6.07 Å². The molecule has 1 N–H and O–H groups in total. The summed E-state index contributed by atoms with van der Waals surface area (Å²) in [6.07, 6.45) is 4.35. The molecule has 0 saturated carbocycles. The summed E-state index contributed by atoms with van der Waals surface area (Å²) in [4.78, 5) is 9.29. The molecule has 5 rings (SSSR count). The summed E-state index contributed by atoms with van der Waals surface area (Å²) >= 11 is 0. The van der Waals surface area contributed by atoms with Crippen molar-refractivity contribution in [2.45, 2.75) is 26.8 Å². The Kier molecular flexibility index (Phi) is 4.55. The summed E-state index contributed by atoms with van der Waals surface area (Å²) in [5.74, 6) is 1.07. The normalized spacial score (nSPS) is 12.5. The molecule has 0 atom stereocenters. The Morgan fingerprint density at radius 1 is 1.23 bits per heavy atom. The molecule has 0 amide bonds. The van der Waals surface area contributed by atoms with Crippen molar-refractivity contribution in [1.82, 2.24) is 14.4 Å². The highest BCUT2D eigenvalue weighted by atomic mass is 19.1. The molecule has 1 aliphatic rings. The van der Waals surface area contributed by atoms with Gasteiger partial charge in [-0.15, -0.1) is 0 Å². The number of rotatable bonds is 4. The Labute approximate surface area is 179 Å². The lowest BCUT2D eigenvalue weighted by atomic mass is 10.00. The second kappa shape index (κ2) is 7.40. The fourth-order valence-corrected chi connectivity index (χ4v) is 4.07. The zero-order valence-electron chi connectivity index (χ0n) is 17.2. The highest BCUT2D eigenvalue weighted by molar-refractivity contribution is 5.81. The molecule has 7 heteroatoms. The van der Waals surface area contributed by atoms with E-state index in [1.807, 2.05) is 36.6 Å². The van der Waals surface area contributed by atoms with E-state index in [1.54, 1.807) is 18.3 Å². The van der Waals surface area contributed by atoms with Gasteiger partial charge < -0.3 is 10.1 Å². The van der Waals surface area contributed by atoms with Crippen LogP contribution < -0.4 is 10.1 Å². The first-order valence-corrected chi connectivity index (χ1v) is 10.1. The molecule has 2 aromatic heterocycles. The largest absolute Gasteiger partial charge is 0.493 e. The second-order valence-corrected chi connectivity index (χ2v) is 7.67. The van der Waals surface area contributed by atoms with E-state index in [1.165, 1.54) is 6.07 Å². The molecule has 0 saturated heterocycles. The molecule has 0 radical (unpaired) electrons. The summed E-state index contributed by atoms with van der Waals surface area (Å²) in [5, 5.41) is 12.6. The maximum absolute atomic E-state index is 14.5. The molecular weight excluding hydrogens is 393 g/mol. The first kappa shape index (κ1) is 19.1. The van der Waals surface area contributed by atoms with Crippen molar-refractivity contribution >= 4 is 11.6 Å². The molecule has 154 valence electrons. The van der Waals surface area contributed by atoms with Crippen molar-refractivity contribution in [2.24, 2.45) is 0 Å². The smallest absolute Gasteiger partial charge is 0.208 e. The third-order valence-electron chi connectivity index (χ3n) is 5.63. The van der Waals surface area contributed by atoms with Crippen LogP contribution in [0.3, 0.4) is 0 Å². The van der Waals surface area contributed by atoms with Crippen molar-refractivity contribution in [1.29, 1.82) is 5.26 Å². The minimum absolute atomic E-state index is 0.254. The van der Waals surface area contributed by atoms with Gasteiger partial charge in [-0.3, -0.25) is 4.40 Å². The van der Waals surface area contributed by atoms with Gasteiger partial charge in [0.15, 0.2) is 0 Å². The zero-order valence-corrected chi connectivity index (χ0v) is 17.2. The van der Waals surface area contributed by atoms with Gasteiger partial charge in [0.05, 0.1) is 23.9 Å². The van der Waals surface area contributed by atoms with Crippen LogP contribution in [-0.4, -0.2) is 21.0 Å². The van der Waals surface area contributed by atoms with Crippen LogP contribution in [0.5, 0.6) is 5.75 Å². The zero-order chi connectivity index (χ0) is 21.5. The van der Waals surface area contributed by atoms with Gasteiger partial charge in [0.1, 0.15) is 17.2 Å². The summed E-state index contributed by atoms with van der Waals surface area (Å²) in [7, 11) is 0. The Morgan fingerprint density at radius 3 is 2.94 bits per heavy atom. The van der Waals surface area contributed by atoms with E-state index in [4.69, 9.17) is 4.74 Å². The van der Waals surface area contributed by atoms with Gasteiger partial charge in [-0.25, -0.2) is 14.4 Å². The van der Waals surface area contributed by atoms with Crippen molar-refractivity contribution in [3.63, 3.8) is 0 Å². The summed E-state index contributed by atoms with van der Waals surface area (Å²) in [5.41, 5.74) is 6.45. The number of imidazole rings is 1. The second-order valence-electron chi connectivity index (χ2n) is 7.67. The third-order valence-corrected chi connectivity index (χ3v) is 5.63. The van der Waals surface area contributed by atoms with Crippen molar-refractivity contribution < 1.29 is 9.13 Å². The molecule has 0 aliphatic carbocycles. The first-order chi connectivity index (χ1) is 15.0. The molecule has 1 aliphatic heterocycles. The molecule has 0 unspecified atom stereocenters. The predicted octanol–water partition coefficient (Wildman–Crippen LogP) is 4.57. The van der Waals surface area contributed by atoms with Crippen LogP contribution in [-0.2, 0) is 13.0 Å². The Bertz CT molecular complexity index is 1370. The summed E-state index contributed by atoms with van der Waals surface area (Å²) < 4.78 is 21.9. The minimum atomic E-state index is -0.254. The first-order valence-electron chi connectivity index (χ1n) is 10.1. The van der Waals surface area contributed by atoms with E-state index in [2.05, 4.69) is 21.4 Å². The van der Waals surface area contributed by atoms with Crippen molar-refractivity contribution in [3.8, 4) is 22.9 Å². The van der Waals surface area contributed by atoms with Crippen LogP contribution in [0.25, 0.3) is 16.8 Å². The molecule has 31 heavy (non-hydrogen) atoms. The summed E-state index contributed by atoms with van der Waals surface area (Å²) in [6, 6.07) is 10.9. The van der Waals surface area contributed by atoms with E-state index in [0.29, 0.717) is 36.6 Å². The van der Waals surface area contributed by atoms with Gasteiger partial charge in [-0.2, -0.15) is 5.26 Å². The number of nitrogens with zero attached hydrogens (tertiary/aromatic N) is 4. The fourth-order valence-electron chi connectivity index (χ4n) is 4.07. The van der Waals surface area contributed by atoms with Crippen LogP contribution in [0.2, 0.25) is 0 Å².